The second-order valence-electron chi connectivity index (χ2n) is 7.08. The average molecular weight is 505 g/mol. The maximum absolute atomic E-state index is 3.72. The van der Waals surface area contributed by atoms with Gasteiger partial charge in [-0.15, -0.1) is 0 Å². The van der Waals surface area contributed by atoms with E-state index in [0.29, 0.717) is 3.63 Å². The van der Waals surface area contributed by atoms with Gasteiger partial charge in [0.1, 0.15) is 0 Å². The van der Waals surface area contributed by atoms with Gasteiger partial charge in [-0.05, 0) is 0 Å². The normalized spacial score (nSPS) is 21.0. The molecule has 0 bridgehead atoms. The van der Waals surface area contributed by atoms with Gasteiger partial charge in [-0.25, -0.2) is 0 Å². The molecule has 0 nitrogen and oxygen atoms in total. The molecule has 0 saturated carbocycles. The first-order valence-corrected chi connectivity index (χ1v) is 11.3. The van der Waals surface area contributed by atoms with Crippen molar-refractivity contribution in [2.24, 2.45) is 5.41 Å². The first-order valence-electron chi connectivity index (χ1n) is 7.88. The standard InChI is InChI=1S/C10H8Br.C10H15.2ClH.Zr/c1-7-5-8-3-2-4-10(11)9(8)6-7;1-7-6-10(4,5)9(3)8(7)2;;;/h2-6H,1H3;1-5H3;2*1H;/q;;;;+2/p-2. The van der Waals surface area contributed by atoms with E-state index in [9.17, 15) is 0 Å². The maximum atomic E-state index is 3.72. The first kappa shape index (κ1) is 22.4. The van der Waals surface area contributed by atoms with Crippen LogP contribution >= 0.6 is 15.9 Å². The number of halogens is 3. The number of hydrogen-bond acceptors (Lipinski definition) is 0. The number of fused-ring (bicyclic) bond motifs is 1. The van der Waals surface area contributed by atoms with Crippen LogP contribution in [0.15, 0.2) is 48.2 Å². The molecule has 0 radical (unpaired) electrons. The third-order valence-corrected chi connectivity index (χ3v) is 12.0. The monoisotopic (exact) mass is 502 g/mol. The molecule has 0 N–H and O–H groups in total. The van der Waals surface area contributed by atoms with Crippen molar-refractivity contribution in [2.75, 3.05) is 0 Å². The SMILES string of the molecule is CC1=Cc2c(Br)cccc2[CH]1[Zr+2][C]1=C(C)C(C)=C(C)C1(C)C.[Cl-].[Cl-]. The number of benzene rings is 1. The fourth-order valence-corrected chi connectivity index (χ4v) is 9.04. The van der Waals surface area contributed by atoms with Crippen LogP contribution in [0.2, 0.25) is 0 Å². The minimum absolute atomic E-state index is 0. The summed E-state index contributed by atoms with van der Waals surface area (Å²) in [6.45, 7) is 14.2. The van der Waals surface area contributed by atoms with Gasteiger partial charge in [0.25, 0.3) is 0 Å². The minimum atomic E-state index is -0.713. The van der Waals surface area contributed by atoms with Crippen molar-refractivity contribution in [1.82, 2.24) is 0 Å². The summed E-state index contributed by atoms with van der Waals surface area (Å²) in [6.07, 6.45) is 2.40. The molecular formula is C20H23BrCl2Zr. The zero-order valence-corrected chi connectivity index (χ0v) is 20.6. The molecule has 0 spiro atoms. The van der Waals surface area contributed by atoms with Crippen LogP contribution in [0.25, 0.3) is 6.08 Å². The van der Waals surface area contributed by atoms with Crippen molar-refractivity contribution in [1.29, 1.82) is 0 Å². The van der Waals surface area contributed by atoms with Crippen LogP contribution in [0, 0.1) is 5.41 Å². The van der Waals surface area contributed by atoms with Crippen LogP contribution in [0.5, 0.6) is 0 Å². The molecule has 1 unspecified atom stereocenters. The van der Waals surface area contributed by atoms with Crippen molar-refractivity contribution in [2.45, 2.75) is 45.2 Å². The van der Waals surface area contributed by atoms with Gasteiger partial charge in [-0.1, -0.05) is 0 Å². The smallest absolute Gasteiger partial charge is 1.00 e. The molecular weight excluding hydrogens is 482 g/mol. The second kappa shape index (κ2) is 7.95. The predicted molar refractivity (Wildman–Crippen MR) is 95.4 cm³/mol. The molecule has 0 saturated heterocycles. The van der Waals surface area contributed by atoms with Crippen molar-refractivity contribution >= 4 is 22.0 Å². The van der Waals surface area contributed by atoms with E-state index in [0.717, 1.165) is 0 Å². The van der Waals surface area contributed by atoms with Gasteiger partial charge in [-0.2, -0.15) is 0 Å². The molecule has 2 aliphatic carbocycles. The molecule has 0 heterocycles. The molecule has 0 fully saturated rings. The Morgan fingerprint density at radius 3 is 2.17 bits per heavy atom. The Kier molecular flexibility index (Phi) is 7.43. The van der Waals surface area contributed by atoms with Crippen LogP contribution in [0.4, 0.5) is 0 Å². The number of rotatable bonds is 2. The van der Waals surface area contributed by atoms with E-state index in [2.05, 4.69) is 81.7 Å². The van der Waals surface area contributed by atoms with Crippen molar-refractivity contribution in [3.8, 4) is 0 Å². The van der Waals surface area contributed by atoms with Crippen LogP contribution in [-0.4, -0.2) is 0 Å². The molecule has 0 aliphatic heterocycles. The van der Waals surface area contributed by atoms with Gasteiger partial charge in [0.15, 0.2) is 0 Å². The van der Waals surface area contributed by atoms with E-state index in [1.807, 2.05) is 0 Å². The summed E-state index contributed by atoms with van der Waals surface area (Å²) in [4.78, 5) is 0. The van der Waals surface area contributed by atoms with Gasteiger partial charge in [-0.3, -0.25) is 0 Å². The van der Waals surface area contributed by atoms with Gasteiger partial charge in [0, 0.05) is 0 Å². The van der Waals surface area contributed by atoms with Crippen LogP contribution < -0.4 is 24.8 Å². The summed E-state index contributed by atoms with van der Waals surface area (Å²) < 4.78 is 3.73. The molecule has 1 aromatic carbocycles. The third kappa shape index (κ3) is 3.46. The quantitative estimate of drug-likeness (QED) is 0.554. The molecule has 2 aliphatic rings. The molecule has 0 aromatic heterocycles. The Hall–Kier alpha value is 0.383. The topological polar surface area (TPSA) is 0 Å². The zero-order valence-electron chi connectivity index (χ0n) is 15.0. The van der Waals surface area contributed by atoms with E-state index in [-0.39, 0.29) is 30.2 Å². The van der Waals surface area contributed by atoms with Gasteiger partial charge >= 0.3 is 155 Å². The molecule has 1 atom stereocenters. The summed E-state index contributed by atoms with van der Waals surface area (Å²) in [6, 6.07) is 6.69. The second-order valence-corrected chi connectivity index (χ2v) is 11.3. The Morgan fingerprint density at radius 2 is 1.62 bits per heavy atom. The van der Waals surface area contributed by atoms with Crippen LogP contribution in [-0.2, 0) is 23.2 Å². The average Bonchev–Trinajstić information content (AvgIpc) is 2.85. The summed E-state index contributed by atoms with van der Waals surface area (Å²) in [7, 11) is 0. The number of allylic oxidation sites excluding steroid dienone is 5. The Labute approximate surface area is 178 Å². The van der Waals surface area contributed by atoms with Crippen molar-refractivity contribution < 1.29 is 48.0 Å². The molecule has 3 rings (SSSR count). The van der Waals surface area contributed by atoms with E-state index in [1.54, 1.807) is 25.6 Å². The predicted octanol–water partition coefficient (Wildman–Crippen LogP) is 0.648. The summed E-state index contributed by atoms with van der Waals surface area (Å²) in [5.74, 6) is 0. The molecule has 0 amide bonds. The Morgan fingerprint density at radius 1 is 1.00 bits per heavy atom. The summed E-state index contributed by atoms with van der Waals surface area (Å²) in [5.41, 5.74) is 9.51. The Balaban J connectivity index is 0.00000144. The molecule has 4 heteroatoms. The maximum Gasteiger partial charge on any atom is -1.00 e. The minimum Gasteiger partial charge on any atom is -1.00 e. The van der Waals surface area contributed by atoms with E-state index in [4.69, 9.17) is 0 Å². The van der Waals surface area contributed by atoms with E-state index >= 15 is 0 Å². The summed E-state index contributed by atoms with van der Waals surface area (Å²) in [5, 5.41) is 0. The van der Waals surface area contributed by atoms with Gasteiger partial charge in [0.05, 0.1) is 0 Å². The fourth-order valence-electron chi connectivity index (χ4n) is 3.73. The van der Waals surface area contributed by atoms with Crippen molar-refractivity contribution in [3.63, 3.8) is 0 Å². The van der Waals surface area contributed by atoms with E-state index < -0.39 is 23.2 Å². The van der Waals surface area contributed by atoms with Gasteiger partial charge < -0.3 is 24.8 Å². The van der Waals surface area contributed by atoms with Crippen LogP contribution in [0.1, 0.15) is 56.3 Å². The number of hydrogen-bond donors (Lipinski definition) is 0. The van der Waals surface area contributed by atoms with Crippen LogP contribution in [0.3, 0.4) is 0 Å². The third-order valence-electron chi connectivity index (χ3n) is 5.58. The molecule has 128 valence electrons. The fraction of sp³-hybridized carbons (Fsp3) is 0.400. The van der Waals surface area contributed by atoms with Crippen molar-refractivity contribution in [3.05, 3.63) is 59.4 Å². The Bertz CT molecular complexity index is 757. The van der Waals surface area contributed by atoms with Gasteiger partial charge in [0.2, 0.25) is 0 Å². The summed E-state index contributed by atoms with van der Waals surface area (Å²) >= 11 is 3.01. The van der Waals surface area contributed by atoms with E-state index in [1.165, 1.54) is 15.6 Å². The largest absolute Gasteiger partial charge is 1.00 e. The molecule has 24 heavy (non-hydrogen) atoms. The zero-order chi connectivity index (χ0) is 16.2. The first-order chi connectivity index (χ1) is 10.2. The molecule has 1 aromatic rings.